The summed E-state index contributed by atoms with van der Waals surface area (Å²) < 4.78 is 6.26. The molecule has 5 rings (SSSR count). The van der Waals surface area contributed by atoms with Crippen molar-refractivity contribution in [1.82, 2.24) is 9.97 Å². The van der Waals surface area contributed by atoms with Crippen LogP contribution in [0.5, 0.6) is 0 Å². The summed E-state index contributed by atoms with van der Waals surface area (Å²) in [6.45, 7) is 9.03. The number of rotatable bonds is 2. The first-order valence-corrected chi connectivity index (χ1v) is 9.59. The fraction of sp³-hybridized carbons (Fsp3) is 0.304. The number of aromatic nitrogens is 2. The van der Waals surface area contributed by atoms with Crippen LogP contribution in [0.4, 0.5) is 11.5 Å². The number of pyridine rings is 2. The molecule has 0 N–H and O–H groups in total. The number of anilines is 2. The van der Waals surface area contributed by atoms with Crippen molar-refractivity contribution in [3.63, 3.8) is 0 Å². The lowest BCUT2D eigenvalue weighted by atomic mass is 9.86. The van der Waals surface area contributed by atoms with Crippen molar-refractivity contribution in [3.05, 3.63) is 59.9 Å². The van der Waals surface area contributed by atoms with Crippen LogP contribution in [0.1, 0.15) is 37.8 Å². The Morgan fingerprint density at radius 3 is 2.59 bits per heavy atom. The predicted molar refractivity (Wildman–Crippen MR) is 110 cm³/mol. The minimum absolute atomic E-state index is 0.306. The van der Waals surface area contributed by atoms with Gasteiger partial charge in [0.2, 0.25) is 5.71 Å². The van der Waals surface area contributed by atoms with E-state index >= 15 is 0 Å². The number of furan rings is 1. The van der Waals surface area contributed by atoms with Gasteiger partial charge in [0, 0.05) is 40.7 Å². The van der Waals surface area contributed by atoms with Crippen LogP contribution in [-0.4, -0.2) is 16.0 Å². The van der Waals surface area contributed by atoms with Crippen LogP contribution < -0.4 is 4.90 Å². The molecule has 0 saturated heterocycles. The highest BCUT2D eigenvalue weighted by Crippen LogP contribution is 2.50. The molecule has 0 saturated carbocycles. The van der Waals surface area contributed by atoms with E-state index in [1.807, 2.05) is 18.3 Å². The van der Waals surface area contributed by atoms with Gasteiger partial charge in [-0.25, -0.2) is 9.97 Å². The van der Waals surface area contributed by atoms with Gasteiger partial charge in [0.25, 0.3) is 0 Å². The Kier molecular flexibility index (Phi) is 3.51. The molecule has 4 heteroatoms. The van der Waals surface area contributed by atoms with Crippen LogP contribution in [0.25, 0.3) is 22.1 Å². The van der Waals surface area contributed by atoms with Crippen LogP contribution in [-0.2, 0) is 0 Å². The zero-order valence-electron chi connectivity index (χ0n) is 16.1. The summed E-state index contributed by atoms with van der Waals surface area (Å²) in [6.07, 6.45) is 3.66. The molecular weight excluding hydrogens is 334 g/mol. The van der Waals surface area contributed by atoms with Crippen molar-refractivity contribution >= 4 is 33.6 Å². The molecule has 1 aliphatic heterocycles. The molecule has 0 bridgehead atoms. The first kappa shape index (κ1) is 16.3. The van der Waals surface area contributed by atoms with Gasteiger partial charge in [-0.2, -0.15) is 0 Å². The molecule has 0 fully saturated rings. The Hall–Kier alpha value is -2.88. The first-order valence-electron chi connectivity index (χ1n) is 9.59. The minimum atomic E-state index is 0.306. The number of hydrogen-bond acceptors (Lipinski definition) is 4. The van der Waals surface area contributed by atoms with Gasteiger partial charge in [-0.1, -0.05) is 32.0 Å². The molecule has 136 valence electrons. The topological polar surface area (TPSA) is 42.2 Å². The molecule has 4 aromatic rings. The second-order valence-electron chi connectivity index (χ2n) is 7.86. The predicted octanol–water partition coefficient (Wildman–Crippen LogP) is 5.96. The van der Waals surface area contributed by atoms with Crippen LogP contribution in [0.15, 0.2) is 53.2 Å². The molecule has 1 unspecified atom stereocenters. The number of hydrogen-bond donors (Lipinski definition) is 0. The molecule has 1 aromatic carbocycles. The smallest absolute Gasteiger partial charge is 0.227 e. The highest BCUT2D eigenvalue weighted by atomic mass is 16.3. The lowest BCUT2D eigenvalue weighted by Crippen LogP contribution is -2.30. The van der Waals surface area contributed by atoms with Gasteiger partial charge in [0.05, 0.1) is 5.69 Å². The van der Waals surface area contributed by atoms with E-state index in [4.69, 9.17) is 9.40 Å². The highest BCUT2D eigenvalue weighted by Gasteiger charge is 2.40. The quantitative estimate of drug-likeness (QED) is 0.443. The van der Waals surface area contributed by atoms with Gasteiger partial charge in [-0.05, 0) is 43.5 Å². The summed E-state index contributed by atoms with van der Waals surface area (Å²) in [7, 11) is 0. The molecule has 4 heterocycles. The average Bonchev–Trinajstić information content (AvgIpc) is 3.17. The monoisotopic (exact) mass is 357 g/mol. The maximum atomic E-state index is 6.26. The first-order chi connectivity index (χ1) is 13.1. The molecule has 0 amide bonds. The van der Waals surface area contributed by atoms with E-state index in [0.29, 0.717) is 23.6 Å². The Morgan fingerprint density at radius 1 is 1.00 bits per heavy atom. The molecule has 27 heavy (non-hydrogen) atoms. The van der Waals surface area contributed by atoms with E-state index in [9.17, 15) is 0 Å². The fourth-order valence-electron chi connectivity index (χ4n) is 4.77. The van der Waals surface area contributed by atoms with Gasteiger partial charge in [0.1, 0.15) is 5.82 Å². The van der Waals surface area contributed by atoms with Gasteiger partial charge >= 0.3 is 0 Å². The van der Waals surface area contributed by atoms with Crippen molar-refractivity contribution in [2.45, 2.75) is 39.7 Å². The summed E-state index contributed by atoms with van der Waals surface area (Å²) in [5.74, 6) is 2.02. The van der Waals surface area contributed by atoms with Crippen molar-refractivity contribution in [2.75, 3.05) is 4.90 Å². The summed E-state index contributed by atoms with van der Waals surface area (Å²) in [6, 6.07) is 12.9. The van der Waals surface area contributed by atoms with Crippen LogP contribution in [0.3, 0.4) is 0 Å². The Balaban J connectivity index is 1.82. The molecular formula is C23H23N3O. The summed E-state index contributed by atoms with van der Waals surface area (Å²) in [5, 5.41) is 2.17. The lowest BCUT2D eigenvalue weighted by Gasteiger charge is -2.29. The minimum Gasteiger partial charge on any atom is -0.435 e. The van der Waals surface area contributed by atoms with Crippen molar-refractivity contribution in [3.8, 4) is 0 Å². The van der Waals surface area contributed by atoms with Crippen LogP contribution in [0.2, 0.25) is 0 Å². The van der Waals surface area contributed by atoms with Gasteiger partial charge in [-0.15, -0.1) is 0 Å². The van der Waals surface area contributed by atoms with Crippen LogP contribution >= 0.6 is 0 Å². The van der Waals surface area contributed by atoms with E-state index in [2.05, 4.69) is 61.8 Å². The molecule has 0 radical (unpaired) electrons. The molecule has 1 aliphatic rings. The number of benzene rings is 1. The number of fused-ring (bicyclic) bond motifs is 4. The standard InChI is InChI=1S/C23H23N3O/c1-13(2)19-15(4)26(22-18(19)8-6-11-24-22)20-14(3)9-10-16-17-7-5-12-25-23(17)27-21(16)20/h5-13,15,19H,1-4H3/t15-,19?/m0/s1. The summed E-state index contributed by atoms with van der Waals surface area (Å²) in [5.41, 5.74) is 5.21. The highest BCUT2D eigenvalue weighted by molar-refractivity contribution is 6.09. The molecule has 0 spiro atoms. The largest absolute Gasteiger partial charge is 0.435 e. The van der Waals surface area contributed by atoms with Crippen molar-refractivity contribution in [2.24, 2.45) is 5.92 Å². The lowest BCUT2D eigenvalue weighted by molar-refractivity contribution is 0.455. The maximum Gasteiger partial charge on any atom is 0.227 e. The van der Waals surface area contributed by atoms with Crippen molar-refractivity contribution < 1.29 is 4.42 Å². The third-order valence-electron chi connectivity index (χ3n) is 5.88. The van der Waals surface area contributed by atoms with E-state index in [1.54, 1.807) is 6.20 Å². The second kappa shape index (κ2) is 5.81. The van der Waals surface area contributed by atoms with E-state index in [1.165, 1.54) is 11.1 Å². The molecule has 2 atom stereocenters. The van der Waals surface area contributed by atoms with Gasteiger partial charge < -0.3 is 9.32 Å². The zero-order valence-corrected chi connectivity index (χ0v) is 16.1. The second-order valence-corrected chi connectivity index (χ2v) is 7.86. The van der Waals surface area contributed by atoms with E-state index < -0.39 is 0 Å². The SMILES string of the molecule is Cc1ccc2c(oc3ncccc32)c1N1c2ncccc2C(C(C)C)[C@@H]1C. The summed E-state index contributed by atoms with van der Waals surface area (Å²) >= 11 is 0. The van der Waals surface area contributed by atoms with Gasteiger partial charge in [-0.3, -0.25) is 0 Å². The third-order valence-corrected chi connectivity index (χ3v) is 5.88. The Bertz CT molecular complexity index is 1160. The average molecular weight is 357 g/mol. The zero-order chi connectivity index (χ0) is 18.7. The molecule has 0 aliphatic carbocycles. The van der Waals surface area contributed by atoms with Crippen molar-refractivity contribution in [1.29, 1.82) is 0 Å². The normalized spacial score (nSPS) is 19.4. The molecule has 4 nitrogen and oxygen atoms in total. The Morgan fingerprint density at radius 2 is 1.78 bits per heavy atom. The van der Waals surface area contributed by atoms with E-state index in [-0.39, 0.29) is 0 Å². The fourth-order valence-corrected chi connectivity index (χ4v) is 4.77. The number of aryl methyl sites for hydroxylation is 1. The molecule has 3 aromatic heterocycles. The maximum absolute atomic E-state index is 6.26. The third kappa shape index (κ3) is 2.22. The van der Waals surface area contributed by atoms with Gasteiger partial charge in [0.15, 0.2) is 5.58 Å². The Labute approximate surface area is 158 Å². The van der Waals surface area contributed by atoms with Crippen LogP contribution in [0, 0.1) is 12.8 Å². The summed E-state index contributed by atoms with van der Waals surface area (Å²) in [4.78, 5) is 11.6. The van der Waals surface area contributed by atoms with E-state index in [0.717, 1.165) is 27.9 Å². The number of nitrogens with zero attached hydrogens (tertiary/aromatic N) is 3.